The molecule has 0 saturated heterocycles. The van der Waals surface area contributed by atoms with E-state index in [1.54, 1.807) is 12.1 Å². The van der Waals surface area contributed by atoms with E-state index in [9.17, 15) is 13.6 Å². The molecule has 2 aromatic rings. The van der Waals surface area contributed by atoms with Crippen LogP contribution in [-0.4, -0.2) is 18.4 Å². The van der Waals surface area contributed by atoms with Gasteiger partial charge in [-0.05, 0) is 29.2 Å². The van der Waals surface area contributed by atoms with Crippen molar-refractivity contribution in [3.05, 3.63) is 70.7 Å². The molecular formula is C19H18ClF2NO. The van der Waals surface area contributed by atoms with Gasteiger partial charge < -0.3 is 5.32 Å². The van der Waals surface area contributed by atoms with Crippen molar-refractivity contribution in [2.24, 2.45) is 5.92 Å². The second-order valence-electron chi connectivity index (χ2n) is 6.27. The minimum absolute atomic E-state index is 0.148. The van der Waals surface area contributed by atoms with Crippen molar-refractivity contribution in [1.29, 1.82) is 0 Å². The van der Waals surface area contributed by atoms with Crippen LogP contribution in [-0.2, 0) is 4.79 Å². The lowest BCUT2D eigenvalue weighted by atomic mass is 9.81. The zero-order chi connectivity index (χ0) is 17.2. The van der Waals surface area contributed by atoms with Gasteiger partial charge in [-0.25, -0.2) is 8.78 Å². The molecule has 0 heterocycles. The molecular weight excluding hydrogens is 332 g/mol. The number of carbonyl (C=O) groups is 1. The Morgan fingerprint density at radius 1 is 1.08 bits per heavy atom. The molecule has 1 N–H and O–H groups in total. The molecule has 0 spiro atoms. The van der Waals surface area contributed by atoms with E-state index in [1.807, 2.05) is 42.5 Å². The topological polar surface area (TPSA) is 29.1 Å². The van der Waals surface area contributed by atoms with Crippen LogP contribution < -0.4 is 5.32 Å². The highest BCUT2D eigenvalue weighted by Gasteiger charge is 2.45. The Morgan fingerprint density at radius 3 is 2.25 bits per heavy atom. The lowest BCUT2D eigenvalue weighted by molar-refractivity contribution is -0.126. The van der Waals surface area contributed by atoms with Crippen LogP contribution in [0.5, 0.6) is 0 Å². The minimum atomic E-state index is -2.57. The van der Waals surface area contributed by atoms with Crippen molar-refractivity contribution < 1.29 is 13.6 Å². The van der Waals surface area contributed by atoms with Crippen LogP contribution >= 0.6 is 11.6 Å². The van der Waals surface area contributed by atoms with Gasteiger partial charge in [-0.15, -0.1) is 0 Å². The Labute approximate surface area is 144 Å². The summed E-state index contributed by atoms with van der Waals surface area (Å²) in [6.45, 7) is 0.283. The second-order valence-corrected chi connectivity index (χ2v) is 6.71. The van der Waals surface area contributed by atoms with E-state index in [1.165, 1.54) is 0 Å². The molecule has 2 aromatic carbocycles. The predicted octanol–water partition coefficient (Wildman–Crippen LogP) is 4.63. The first-order chi connectivity index (χ1) is 11.4. The van der Waals surface area contributed by atoms with Crippen LogP contribution in [0.2, 0.25) is 5.02 Å². The van der Waals surface area contributed by atoms with Gasteiger partial charge in [-0.1, -0.05) is 54.1 Å². The molecule has 2 nitrogen and oxygen atoms in total. The van der Waals surface area contributed by atoms with E-state index in [-0.39, 0.29) is 31.2 Å². The van der Waals surface area contributed by atoms with E-state index in [4.69, 9.17) is 11.6 Å². The van der Waals surface area contributed by atoms with Gasteiger partial charge in [-0.3, -0.25) is 4.79 Å². The molecule has 0 bridgehead atoms. The van der Waals surface area contributed by atoms with Crippen LogP contribution in [0, 0.1) is 5.92 Å². The summed E-state index contributed by atoms with van der Waals surface area (Å²) in [6, 6.07) is 16.5. The first kappa shape index (κ1) is 16.9. The van der Waals surface area contributed by atoms with Gasteiger partial charge in [0, 0.05) is 24.4 Å². The molecule has 1 atom stereocenters. The molecule has 1 aliphatic rings. The van der Waals surface area contributed by atoms with E-state index >= 15 is 0 Å². The molecule has 1 aliphatic carbocycles. The molecule has 126 valence electrons. The van der Waals surface area contributed by atoms with Crippen LogP contribution in [0.15, 0.2) is 54.6 Å². The number of benzene rings is 2. The first-order valence-electron chi connectivity index (χ1n) is 7.90. The number of hydrogen-bond donors (Lipinski definition) is 1. The summed E-state index contributed by atoms with van der Waals surface area (Å²) in [4.78, 5) is 12.7. The quantitative estimate of drug-likeness (QED) is 0.837. The molecule has 0 aromatic heterocycles. The zero-order valence-electron chi connectivity index (χ0n) is 13.0. The van der Waals surface area contributed by atoms with Crippen molar-refractivity contribution in [2.75, 3.05) is 6.54 Å². The lowest BCUT2D eigenvalue weighted by Gasteiger charge is -2.35. The summed E-state index contributed by atoms with van der Waals surface area (Å²) in [5, 5.41) is 3.43. The molecule has 24 heavy (non-hydrogen) atoms. The van der Waals surface area contributed by atoms with Crippen LogP contribution in [0.25, 0.3) is 0 Å². The van der Waals surface area contributed by atoms with E-state index < -0.39 is 11.8 Å². The summed E-state index contributed by atoms with van der Waals surface area (Å²) in [6.07, 6.45) is -0.297. The summed E-state index contributed by atoms with van der Waals surface area (Å²) in [5.41, 5.74) is 1.68. The highest BCUT2D eigenvalue weighted by Crippen LogP contribution is 2.42. The maximum atomic E-state index is 12.9. The van der Waals surface area contributed by atoms with Crippen molar-refractivity contribution in [3.8, 4) is 0 Å². The van der Waals surface area contributed by atoms with Crippen molar-refractivity contribution in [2.45, 2.75) is 24.7 Å². The van der Waals surface area contributed by atoms with Crippen molar-refractivity contribution in [3.63, 3.8) is 0 Å². The third-order valence-corrected chi connectivity index (χ3v) is 4.59. The standard InChI is InChI=1S/C19H18ClF2NO/c20-16-8-6-15(7-9-16)17(14-4-2-1-3-5-14)18(24)23-12-13-10-19(21,22)11-13/h1-9,13,17H,10-12H2,(H,23,24). The van der Waals surface area contributed by atoms with Crippen LogP contribution in [0.1, 0.15) is 29.9 Å². The van der Waals surface area contributed by atoms with Crippen LogP contribution in [0.3, 0.4) is 0 Å². The Balaban J connectivity index is 1.74. The largest absolute Gasteiger partial charge is 0.355 e. The Morgan fingerprint density at radius 2 is 1.67 bits per heavy atom. The van der Waals surface area contributed by atoms with Gasteiger partial charge in [0.25, 0.3) is 0 Å². The molecule has 1 amide bonds. The Hall–Kier alpha value is -1.94. The monoisotopic (exact) mass is 349 g/mol. The molecule has 1 unspecified atom stereocenters. The second kappa shape index (κ2) is 6.89. The number of hydrogen-bond acceptors (Lipinski definition) is 1. The Bertz CT molecular complexity index is 695. The van der Waals surface area contributed by atoms with E-state index in [0.29, 0.717) is 5.02 Å². The fourth-order valence-corrected chi connectivity index (χ4v) is 3.20. The molecule has 0 aliphatic heterocycles. The number of amides is 1. The van der Waals surface area contributed by atoms with Gasteiger partial charge in [0.1, 0.15) is 0 Å². The number of halogens is 3. The average Bonchev–Trinajstić information content (AvgIpc) is 2.54. The number of nitrogens with one attached hydrogen (secondary N) is 1. The van der Waals surface area contributed by atoms with Gasteiger partial charge in [0.15, 0.2) is 0 Å². The maximum absolute atomic E-state index is 12.9. The molecule has 1 saturated carbocycles. The average molecular weight is 350 g/mol. The maximum Gasteiger partial charge on any atom is 0.248 e. The summed E-state index contributed by atoms with van der Waals surface area (Å²) in [7, 11) is 0. The van der Waals surface area contributed by atoms with Crippen molar-refractivity contribution >= 4 is 17.5 Å². The molecule has 3 rings (SSSR count). The van der Waals surface area contributed by atoms with Gasteiger partial charge in [0.05, 0.1) is 5.92 Å². The van der Waals surface area contributed by atoms with Gasteiger partial charge >= 0.3 is 0 Å². The van der Waals surface area contributed by atoms with Crippen molar-refractivity contribution in [1.82, 2.24) is 5.32 Å². The normalized spacial score (nSPS) is 17.8. The first-order valence-corrected chi connectivity index (χ1v) is 8.28. The SMILES string of the molecule is O=C(NCC1CC(F)(F)C1)C(c1ccccc1)c1ccc(Cl)cc1. The highest BCUT2D eigenvalue weighted by atomic mass is 35.5. The third kappa shape index (κ3) is 3.93. The minimum Gasteiger partial charge on any atom is -0.355 e. The summed E-state index contributed by atoms with van der Waals surface area (Å²) in [5.74, 6) is -3.38. The molecule has 0 radical (unpaired) electrons. The Kier molecular flexibility index (Phi) is 4.86. The number of carbonyl (C=O) groups excluding carboxylic acids is 1. The third-order valence-electron chi connectivity index (χ3n) is 4.34. The number of alkyl halides is 2. The van der Waals surface area contributed by atoms with E-state index in [0.717, 1.165) is 11.1 Å². The highest BCUT2D eigenvalue weighted by molar-refractivity contribution is 6.30. The molecule has 5 heteroatoms. The zero-order valence-corrected chi connectivity index (χ0v) is 13.8. The summed E-state index contributed by atoms with van der Waals surface area (Å²) < 4.78 is 25.8. The fraction of sp³-hybridized carbons (Fsp3) is 0.316. The number of rotatable bonds is 5. The van der Waals surface area contributed by atoms with Gasteiger partial charge in [0.2, 0.25) is 11.8 Å². The smallest absolute Gasteiger partial charge is 0.248 e. The lowest BCUT2D eigenvalue weighted by Crippen LogP contribution is -2.43. The van der Waals surface area contributed by atoms with Crippen LogP contribution in [0.4, 0.5) is 8.78 Å². The fourth-order valence-electron chi connectivity index (χ4n) is 3.07. The summed E-state index contributed by atoms with van der Waals surface area (Å²) >= 11 is 5.93. The van der Waals surface area contributed by atoms with E-state index in [2.05, 4.69) is 5.32 Å². The predicted molar refractivity (Wildman–Crippen MR) is 90.4 cm³/mol. The van der Waals surface area contributed by atoms with Gasteiger partial charge in [-0.2, -0.15) is 0 Å². The molecule has 1 fully saturated rings.